The number of rotatable bonds is 5. The highest BCUT2D eigenvalue weighted by Crippen LogP contribution is 2.32. The van der Waals surface area contributed by atoms with Gasteiger partial charge in [-0.3, -0.25) is 9.69 Å². The molecule has 1 aromatic carbocycles. The summed E-state index contributed by atoms with van der Waals surface area (Å²) in [5.74, 6) is -3.94. The molecule has 0 saturated carbocycles. The highest BCUT2D eigenvalue weighted by Gasteiger charge is 2.49. The standard InChI is InChI=1S/C16H14F2N2O4S2/c1-16(12-3-2-8-25-12)13(21)20(15(22)19-16)9-10-4-6-11(7-5-10)26(23,24)14(17)18/h2-8,14H,9H2,1H3,(H,19,22). The molecule has 6 nitrogen and oxygen atoms in total. The number of carbonyl (C=O) groups excluding carboxylic acids is 2. The maximum atomic E-state index is 12.7. The van der Waals surface area contributed by atoms with Crippen molar-refractivity contribution in [3.63, 3.8) is 0 Å². The highest BCUT2D eigenvalue weighted by molar-refractivity contribution is 7.91. The minimum Gasteiger partial charge on any atom is -0.319 e. The van der Waals surface area contributed by atoms with Crippen molar-refractivity contribution in [2.24, 2.45) is 0 Å². The Morgan fingerprint density at radius 2 is 1.85 bits per heavy atom. The van der Waals surface area contributed by atoms with Crippen LogP contribution in [-0.4, -0.2) is 31.0 Å². The zero-order chi connectivity index (χ0) is 19.1. The van der Waals surface area contributed by atoms with Gasteiger partial charge in [-0.05, 0) is 36.1 Å². The summed E-state index contributed by atoms with van der Waals surface area (Å²) < 4.78 is 48.0. The van der Waals surface area contributed by atoms with Gasteiger partial charge >= 0.3 is 11.8 Å². The molecule has 138 valence electrons. The third-order valence-corrected chi connectivity index (χ3v) is 6.61. The number of amides is 3. The van der Waals surface area contributed by atoms with E-state index >= 15 is 0 Å². The second-order valence-corrected chi connectivity index (χ2v) is 8.74. The molecule has 10 heteroatoms. The van der Waals surface area contributed by atoms with E-state index in [4.69, 9.17) is 0 Å². The molecule has 3 rings (SSSR count). The van der Waals surface area contributed by atoms with Gasteiger partial charge < -0.3 is 5.32 Å². The maximum Gasteiger partial charge on any atom is 0.341 e. The molecule has 1 N–H and O–H groups in total. The molecule has 0 spiro atoms. The SMILES string of the molecule is CC1(c2cccs2)NC(=O)N(Cc2ccc(S(=O)(=O)C(F)F)cc2)C1=O. The van der Waals surface area contributed by atoms with Gasteiger partial charge in [0, 0.05) is 4.88 Å². The van der Waals surface area contributed by atoms with Crippen molar-refractivity contribution >= 4 is 33.1 Å². The van der Waals surface area contributed by atoms with Gasteiger partial charge in [-0.1, -0.05) is 18.2 Å². The number of benzene rings is 1. The van der Waals surface area contributed by atoms with Gasteiger partial charge in [0.2, 0.25) is 9.84 Å². The van der Waals surface area contributed by atoms with Crippen LogP contribution in [0.25, 0.3) is 0 Å². The summed E-state index contributed by atoms with van der Waals surface area (Å²) in [5, 5.41) is 4.45. The lowest BCUT2D eigenvalue weighted by Crippen LogP contribution is -2.40. The number of thiophene rings is 1. The molecule has 0 aliphatic carbocycles. The van der Waals surface area contributed by atoms with Crippen LogP contribution in [-0.2, 0) is 26.7 Å². The fourth-order valence-electron chi connectivity index (χ4n) is 2.64. The second-order valence-electron chi connectivity index (χ2n) is 5.87. The van der Waals surface area contributed by atoms with Crippen LogP contribution in [0, 0.1) is 0 Å². The Hall–Kier alpha value is -2.33. The molecule has 26 heavy (non-hydrogen) atoms. The highest BCUT2D eigenvalue weighted by atomic mass is 32.2. The summed E-state index contributed by atoms with van der Waals surface area (Å²) in [4.78, 5) is 26.1. The Kier molecular flexibility index (Phi) is 4.57. The average molecular weight is 400 g/mol. The minimum absolute atomic E-state index is 0.0966. The van der Waals surface area contributed by atoms with Crippen LogP contribution in [0.3, 0.4) is 0 Å². The van der Waals surface area contributed by atoms with E-state index in [1.54, 1.807) is 24.4 Å². The van der Waals surface area contributed by atoms with Gasteiger partial charge in [0.25, 0.3) is 5.91 Å². The van der Waals surface area contributed by atoms with Crippen LogP contribution >= 0.6 is 11.3 Å². The van der Waals surface area contributed by atoms with Crippen LogP contribution in [0.5, 0.6) is 0 Å². The number of nitrogens with zero attached hydrogens (tertiary/aromatic N) is 1. The number of nitrogens with one attached hydrogen (secondary N) is 1. The second kappa shape index (κ2) is 6.44. The lowest BCUT2D eigenvalue weighted by Gasteiger charge is -2.20. The number of imide groups is 1. The quantitative estimate of drug-likeness (QED) is 0.783. The summed E-state index contributed by atoms with van der Waals surface area (Å²) in [7, 11) is -4.68. The molecule has 1 fully saturated rings. The molecule has 2 aromatic rings. The molecule has 2 heterocycles. The van der Waals surface area contributed by atoms with E-state index in [9.17, 15) is 26.8 Å². The largest absolute Gasteiger partial charge is 0.341 e. The van der Waals surface area contributed by atoms with Crippen LogP contribution < -0.4 is 5.32 Å². The fraction of sp³-hybridized carbons (Fsp3) is 0.250. The van der Waals surface area contributed by atoms with E-state index in [-0.39, 0.29) is 6.54 Å². The summed E-state index contributed by atoms with van der Waals surface area (Å²) in [5.41, 5.74) is -0.721. The maximum absolute atomic E-state index is 12.7. The van der Waals surface area contributed by atoms with Crippen molar-refractivity contribution in [1.29, 1.82) is 0 Å². The first kappa shape index (κ1) is 18.5. The van der Waals surface area contributed by atoms with Crippen LogP contribution in [0.2, 0.25) is 0 Å². The van der Waals surface area contributed by atoms with Crippen molar-refractivity contribution in [2.45, 2.75) is 29.7 Å². The first-order chi connectivity index (χ1) is 12.2. The van der Waals surface area contributed by atoms with Crippen LogP contribution in [0.15, 0.2) is 46.7 Å². The van der Waals surface area contributed by atoms with E-state index in [1.165, 1.54) is 23.5 Å². The Balaban J connectivity index is 1.81. The van der Waals surface area contributed by atoms with E-state index < -0.39 is 38.0 Å². The van der Waals surface area contributed by atoms with E-state index in [0.717, 1.165) is 17.0 Å². The summed E-state index contributed by atoms with van der Waals surface area (Å²) in [6.07, 6.45) is 0. The molecule has 1 aliphatic heterocycles. The van der Waals surface area contributed by atoms with Crippen molar-refractivity contribution in [3.8, 4) is 0 Å². The number of alkyl halides is 2. The number of carbonyl (C=O) groups is 2. The van der Waals surface area contributed by atoms with Crippen molar-refractivity contribution in [2.75, 3.05) is 0 Å². The number of hydrogen-bond acceptors (Lipinski definition) is 5. The summed E-state index contributed by atoms with van der Waals surface area (Å²) in [6.45, 7) is 1.51. The van der Waals surface area contributed by atoms with Gasteiger partial charge in [0.05, 0.1) is 11.4 Å². The van der Waals surface area contributed by atoms with Crippen molar-refractivity contribution in [3.05, 3.63) is 52.2 Å². The molecule has 3 amide bonds. The smallest absolute Gasteiger partial charge is 0.319 e. The molecule has 1 saturated heterocycles. The molecule has 1 aliphatic rings. The van der Waals surface area contributed by atoms with Gasteiger partial charge in [-0.2, -0.15) is 8.78 Å². The third kappa shape index (κ3) is 2.99. The molecule has 1 atom stereocenters. The first-order valence-corrected chi connectivity index (χ1v) is 9.88. The van der Waals surface area contributed by atoms with Crippen molar-refractivity contribution in [1.82, 2.24) is 10.2 Å². The number of halogens is 2. The molecule has 1 aromatic heterocycles. The Labute approximate surface area is 152 Å². The van der Waals surface area contributed by atoms with Crippen LogP contribution in [0.4, 0.5) is 13.6 Å². The monoisotopic (exact) mass is 400 g/mol. The zero-order valence-corrected chi connectivity index (χ0v) is 15.1. The summed E-state index contributed by atoms with van der Waals surface area (Å²) in [6, 6.07) is 7.62. The Morgan fingerprint density at radius 3 is 2.38 bits per heavy atom. The van der Waals surface area contributed by atoms with E-state index in [1.807, 2.05) is 0 Å². The average Bonchev–Trinajstić information content (AvgIpc) is 3.20. The van der Waals surface area contributed by atoms with Crippen molar-refractivity contribution < 1.29 is 26.8 Å². The molecule has 0 radical (unpaired) electrons. The number of urea groups is 1. The van der Waals surface area contributed by atoms with Gasteiger partial charge in [-0.25, -0.2) is 13.2 Å². The Morgan fingerprint density at radius 1 is 1.19 bits per heavy atom. The van der Waals surface area contributed by atoms with Crippen LogP contribution in [0.1, 0.15) is 17.4 Å². The fourth-order valence-corrected chi connectivity index (χ4v) is 4.20. The van der Waals surface area contributed by atoms with Gasteiger partial charge in [0.1, 0.15) is 0 Å². The van der Waals surface area contributed by atoms with Gasteiger partial charge in [-0.15, -0.1) is 11.3 Å². The first-order valence-electron chi connectivity index (χ1n) is 7.45. The lowest BCUT2D eigenvalue weighted by atomic mass is 10.0. The minimum atomic E-state index is -4.68. The summed E-state index contributed by atoms with van der Waals surface area (Å²) >= 11 is 1.34. The lowest BCUT2D eigenvalue weighted by molar-refractivity contribution is -0.131. The predicted octanol–water partition coefficient (Wildman–Crippen LogP) is 2.71. The van der Waals surface area contributed by atoms with E-state index in [0.29, 0.717) is 10.4 Å². The zero-order valence-electron chi connectivity index (χ0n) is 13.5. The third-order valence-electron chi connectivity index (χ3n) is 4.12. The topological polar surface area (TPSA) is 83.6 Å². The normalized spacial score (nSPS) is 20.7. The number of hydrogen-bond donors (Lipinski definition) is 1. The van der Waals surface area contributed by atoms with E-state index in [2.05, 4.69) is 5.32 Å². The molecular formula is C16H14F2N2O4S2. The molecule has 0 bridgehead atoms. The van der Waals surface area contributed by atoms with Gasteiger partial charge in [0.15, 0.2) is 5.54 Å². The number of sulfone groups is 1. The molecular weight excluding hydrogens is 386 g/mol. The predicted molar refractivity (Wildman–Crippen MR) is 90.4 cm³/mol. The Bertz CT molecular complexity index is 943. The molecule has 1 unspecified atom stereocenters.